The number of hydrogen-bond acceptors (Lipinski definition) is 3. The molecule has 1 saturated heterocycles. The molecule has 0 aromatic carbocycles. The Hall–Kier alpha value is -1.10. The van der Waals surface area contributed by atoms with Crippen molar-refractivity contribution < 1.29 is 14.3 Å². The molecule has 2 aliphatic rings. The molecule has 2 amide bonds. The third-order valence-corrected chi connectivity index (χ3v) is 4.76. The molecule has 1 heterocycles. The maximum Gasteiger partial charge on any atom is 0.248 e. The first kappa shape index (κ1) is 16.3. The molecule has 0 aromatic heterocycles. The Bertz CT molecular complexity index is 376. The van der Waals surface area contributed by atoms with Gasteiger partial charge in [-0.1, -0.05) is 25.7 Å². The molecule has 1 unspecified atom stereocenters. The number of hydrogen-bond donors (Lipinski definition) is 1. The van der Waals surface area contributed by atoms with E-state index < -0.39 is 5.54 Å². The lowest BCUT2D eigenvalue weighted by Gasteiger charge is -2.35. The highest BCUT2D eigenvalue weighted by molar-refractivity contribution is 5.91. The predicted molar refractivity (Wildman–Crippen MR) is 80.8 cm³/mol. The Morgan fingerprint density at radius 3 is 2.48 bits per heavy atom. The van der Waals surface area contributed by atoms with Gasteiger partial charge in [0.2, 0.25) is 11.8 Å². The molecule has 5 nitrogen and oxygen atoms in total. The van der Waals surface area contributed by atoms with Crippen LogP contribution >= 0.6 is 0 Å². The van der Waals surface area contributed by atoms with Crippen molar-refractivity contribution >= 4 is 11.8 Å². The van der Waals surface area contributed by atoms with Gasteiger partial charge in [-0.3, -0.25) is 9.59 Å². The molecule has 120 valence electrons. The number of methoxy groups -OCH3 is 1. The summed E-state index contributed by atoms with van der Waals surface area (Å²) >= 11 is 0. The van der Waals surface area contributed by atoms with Crippen LogP contribution in [0.3, 0.4) is 0 Å². The fourth-order valence-electron chi connectivity index (χ4n) is 3.75. The Morgan fingerprint density at radius 1 is 1.24 bits per heavy atom. The van der Waals surface area contributed by atoms with Crippen LogP contribution in [0.25, 0.3) is 0 Å². The SMILES string of the molecule is COCC1CCN(C(=O)C2(NC(C)=O)CCCCCC2)C1. The first-order chi connectivity index (χ1) is 10.1. The minimum atomic E-state index is -0.662. The van der Waals surface area contributed by atoms with Crippen LogP contribution in [-0.2, 0) is 14.3 Å². The molecule has 1 aliphatic carbocycles. The minimum absolute atomic E-state index is 0.0992. The summed E-state index contributed by atoms with van der Waals surface area (Å²) < 4.78 is 5.20. The van der Waals surface area contributed by atoms with E-state index in [-0.39, 0.29) is 11.8 Å². The van der Waals surface area contributed by atoms with Gasteiger partial charge in [0.25, 0.3) is 0 Å². The van der Waals surface area contributed by atoms with Gasteiger partial charge >= 0.3 is 0 Å². The van der Waals surface area contributed by atoms with Crippen molar-refractivity contribution in [3.8, 4) is 0 Å². The summed E-state index contributed by atoms with van der Waals surface area (Å²) in [5.74, 6) is 0.454. The van der Waals surface area contributed by atoms with E-state index in [4.69, 9.17) is 4.74 Å². The number of nitrogens with zero attached hydrogens (tertiary/aromatic N) is 1. The molecule has 1 N–H and O–H groups in total. The van der Waals surface area contributed by atoms with Crippen molar-refractivity contribution in [2.75, 3.05) is 26.8 Å². The Labute approximate surface area is 127 Å². The van der Waals surface area contributed by atoms with Crippen molar-refractivity contribution in [1.29, 1.82) is 0 Å². The van der Waals surface area contributed by atoms with Crippen molar-refractivity contribution in [2.45, 2.75) is 57.4 Å². The van der Waals surface area contributed by atoms with Crippen molar-refractivity contribution in [3.63, 3.8) is 0 Å². The highest BCUT2D eigenvalue weighted by Crippen LogP contribution is 2.31. The van der Waals surface area contributed by atoms with Crippen LogP contribution in [0.1, 0.15) is 51.9 Å². The van der Waals surface area contributed by atoms with Gasteiger partial charge in [-0.2, -0.15) is 0 Å². The average molecular weight is 296 g/mol. The molecule has 2 fully saturated rings. The van der Waals surface area contributed by atoms with Gasteiger partial charge in [-0.25, -0.2) is 0 Å². The smallest absolute Gasteiger partial charge is 0.248 e. The molecule has 0 aromatic rings. The summed E-state index contributed by atoms with van der Waals surface area (Å²) in [5.41, 5.74) is -0.662. The summed E-state index contributed by atoms with van der Waals surface area (Å²) in [7, 11) is 1.70. The molecule has 0 radical (unpaired) electrons. The van der Waals surface area contributed by atoms with E-state index in [1.165, 1.54) is 6.92 Å². The predicted octanol–water partition coefficient (Wildman–Crippen LogP) is 1.71. The standard InChI is InChI=1S/C16H28N2O3/c1-13(19)17-16(8-5-3-4-6-9-16)15(20)18-10-7-14(11-18)12-21-2/h14H,3-12H2,1-2H3,(H,17,19). The van der Waals surface area contributed by atoms with Gasteiger partial charge in [0, 0.05) is 33.0 Å². The van der Waals surface area contributed by atoms with Crippen LogP contribution in [0.2, 0.25) is 0 Å². The molecule has 0 spiro atoms. The van der Waals surface area contributed by atoms with Gasteiger partial charge < -0.3 is 15.0 Å². The zero-order valence-electron chi connectivity index (χ0n) is 13.3. The molecule has 1 saturated carbocycles. The first-order valence-electron chi connectivity index (χ1n) is 8.14. The normalized spacial score (nSPS) is 25.4. The lowest BCUT2D eigenvalue weighted by atomic mass is 9.88. The van der Waals surface area contributed by atoms with E-state index in [1.807, 2.05) is 4.90 Å². The molecule has 0 bridgehead atoms. The van der Waals surface area contributed by atoms with Crippen LogP contribution in [0.5, 0.6) is 0 Å². The van der Waals surface area contributed by atoms with Crippen LogP contribution < -0.4 is 5.32 Å². The second-order valence-corrected chi connectivity index (χ2v) is 6.54. The third-order valence-electron chi connectivity index (χ3n) is 4.76. The number of carbonyl (C=O) groups excluding carboxylic acids is 2. The summed E-state index contributed by atoms with van der Waals surface area (Å²) in [6.07, 6.45) is 6.88. The molecule has 2 rings (SSSR count). The largest absolute Gasteiger partial charge is 0.384 e. The highest BCUT2D eigenvalue weighted by Gasteiger charge is 2.43. The maximum absolute atomic E-state index is 13.0. The molecule has 5 heteroatoms. The van der Waals surface area contributed by atoms with Crippen molar-refractivity contribution in [3.05, 3.63) is 0 Å². The second-order valence-electron chi connectivity index (χ2n) is 6.54. The minimum Gasteiger partial charge on any atom is -0.384 e. The third kappa shape index (κ3) is 3.96. The molecular weight excluding hydrogens is 268 g/mol. The number of nitrogens with one attached hydrogen (secondary N) is 1. The van der Waals surface area contributed by atoms with Crippen LogP contribution in [0.15, 0.2) is 0 Å². The van der Waals surface area contributed by atoms with E-state index in [1.54, 1.807) is 7.11 Å². The monoisotopic (exact) mass is 296 g/mol. The van der Waals surface area contributed by atoms with Gasteiger partial charge in [0.1, 0.15) is 5.54 Å². The molecule has 1 atom stereocenters. The van der Waals surface area contributed by atoms with Gasteiger partial charge in [-0.05, 0) is 19.3 Å². The number of carbonyl (C=O) groups is 2. The number of rotatable bonds is 4. The van der Waals surface area contributed by atoms with E-state index in [0.29, 0.717) is 12.5 Å². The zero-order valence-corrected chi connectivity index (χ0v) is 13.3. The Kier molecular flexibility index (Phi) is 5.62. The van der Waals surface area contributed by atoms with Gasteiger partial charge in [0.05, 0.1) is 6.61 Å². The fraction of sp³-hybridized carbons (Fsp3) is 0.875. The summed E-state index contributed by atoms with van der Waals surface area (Å²) in [6, 6.07) is 0. The highest BCUT2D eigenvalue weighted by atomic mass is 16.5. The lowest BCUT2D eigenvalue weighted by Crippen LogP contribution is -2.58. The van der Waals surface area contributed by atoms with E-state index in [0.717, 1.165) is 58.0 Å². The van der Waals surface area contributed by atoms with E-state index in [2.05, 4.69) is 5.32 Å². The quantitative estimate of drug-likeness (QED) is 0.804. The summed E-state index contributed by atoms with van der Waals surface area (Å²) in [6.45, 7) is 3.76. The van der Waals surface area contributed by atoms with Crippen molar-refractivity contribution in [1.82, 2.24) is 10.2 Å². The molecule has 21 heavy (non-hydrogen) atoms. The number of amides is 2. The van der Waals surface area contributed by atoms with Crippen LogP contribution in [0.4, 0.5) is 0 Å². The topological polar surface area (TPSA) is 58.6 Å². The average Bonchev–Trinajstić information content (AvgIpc) is 2.77. The number of likely N-dealkylation sites (tertiary alicyclic amines) is 1. The van der Waals surface area contributed by atoms with Crippen LogP contribution in [0, 0.1) is 5.92 Å². The zero-order chi connectivity index (χ0) is 15.3. The van der Waals surface area contributed by atoms with Gasteiger partial charge in [0.15, 0.2) is 0 Å². The Morgan fingerprint density at radius 2 is 1.90 bits per heavy atom. The fourth-order valence-corrected chi connectivity index (χ4v) is 3.75. The molecule has 1 aliphatic heterocycles. The maximum atomic E-state index is 13.0. The second kappa shape index (κ2) is 7.25. The van der Waals surface area contributed by atoms with Crippen LogP contribution in [-0.4, -0.2) is 49.1 Å². The summed E-state index contributed by atoms with van der Waals surface area (Å²) in [4.78, 5) is 26.6. The van der Waals surface area contributed by atoms with Crippen molar-refractivity contribution in [2.24, 2.45) is 5.92 Å². The van der Waals surface area contributed by atoms with E-state index >= 15 is 0 Å². The van der Waals surface area contributed by atoms with E-state index in [9.17, 15) is 9.59 Å². The Balaban J connectivity index is 2.09. The lowest BCUT2D eigenvalue weighted by molar-refractivity contribution is -0.141. The number of ether oxygens (including phenoxy) is 1. The van der Waals surface area contributed by atoms with Gasteiger partial charge in [-0.15, -0.1) is 0 Å². The summed E-state index contributed by atoms with van der Waals surface area (Å²) in [5, 5.41) is 3.00. The molecular formula is C16H28N2O3. The first-order valence-corrected chi connectivity index (χ1v) is 8.14.